The van der Waals surface area contributed by atoms with Gasteiger partial charge in [-0.15, -0.1) is 0 Å². The first-order chi connectivity index (χ1) is 9.60. The lowest BCUT2D eigenvalue weighted by molar-refractivity contribution is 0.242. The third-order valence-electron chi connectivity index (χ3n) is 3.36. The Kier molecular flexibility index (Phi) is 5.44. The van der Waals surface area contributed by atoms with Gasteiger partial charge in [0.25, 0.3) is 0 Å². The Labute approximate surface area is 130 Å². The Balaban J connectivity index is 2.10. The van der Waals surface area contributed by atoms with Gasteiger partial charge in [0.2, 0.25) is 0 Å². The quantitative estimate of drug-likeness (QED) is 0.900. The van der Waals surface area contributed by atoms with Crippen LogP contribution >= 0.6 is 23.2 Å². The Hall–Kier alpha value is -1.06. The average molecular weight is 309 g/mol. The first-order valence-electron chi connectivity index (χ1n) is 6.50. The first kappa shape index (κ1) is 15.3. The van der Waals surface area contributed by atoms with Crippen LogP contribution in [-0.2, 0) is 6.54 Å². The molecular weight excluding hydrogens is 291 g/mol. The Bertz CT molecular complexity index is 537. The number of halogens is 2. The van der Waals surface area contributed by atoms with Gasteiger partial charge in [0, 0.05) is 29.2 Å². The van der Waals surface area contributed by atoms with Gasteiger partial charge in [-0.3, -0.25) is 4.90 Å². The van der Waals surface area contributed by atoms with E-state index >= 15 is 0 Å². The maximum Gasteiger partial charge on any atom is 0.0470 e. The van der Waals surface area contributed by atoms with Gasteiger partial charge in [-0.05, 0) is 42.4 Å². The van der Waals surface area contributed by atoms with E-state index in [1.165, 1.54) is 11.1 Å². The summed E-state index contributed by atoms with van der Waals surface area (Å²) in [5, 5.41) is 1.49. The lowest BCUT2D eigenvalue weighted by Gasteiger charge is -2.27. The second-order valence-corrected chi connectivity index (χ2v) is 5.72. The number of benzene rings is 2. The summed E-state index contributed by atoms with van der Waals surface area (Å²) in [5.74, 6) is 0. The van der Waals surface area contributed by atoms with Crippen molar-refractivity contribution in [3.05, 3.63) is 69.7 Å². The van der Waals surface area contributed by atoms with Crippen molar-refractivity contribution in [2.45, 2.75) is 12.6 Å². The molecule has 0 aliphatic carbocycles. The highest BCUT2D eigenvalue weighted by molar-refractivity contribution is 6.30. The molecule has 0 aliphatic rings. The van der Waals surface area contributed by atoms with E-state index in [1.54, 1.807) is 0 Å². The summed E-state index contributed by atoms with van der Waals surface area (Å²) < 4.78 is 0. The van der Waals surface area contributed by atoms with Crippen molar-refractivity contribution in [2.24, 2.45) is 5.73 Å². The predicted octanol–water partition coefficient (Wildman–Crippen LogP) is 4.13. The van der Waals surface area contributed by atoms with Crippen LogP contribution in [0.1, 0.15) is 17.2 Å². The maximum absolute atomic E-state index is 5.93. The maximum atomic E-state index is 5.93. The van der Waals surface area contributed by atoms with Crippen LogP contribution in [0.5, 0.6) is 0 Å². The highest BCUT2D eigenvalue weighted by atomic mass is 35.5. The molecule has 0 saturated heterocycles. The lowest BCUT2D eigenvalue weighted by atomic mass is 10.1. The fourth-order valence-corrected chi connectivity index (χ4v) is 2.50. The van der Waals surface area contributed by atoms with Crippen molar-refractivity contribution in [2.75, 3.05) is 13.6 Å². The van der Waals surface area contributed by atoms with Crippen molar-refractivity contribution in [3.8, 4) is 0 Å². The summed E-state index contributed by atoms with van der Waals surface area (Å²) in [6.45, 7) is 1.38. The van der Waals surface area contributed by atoms with Gasteiger partial charge >= 0.3 is 0 Å². The molecule has 2 N–H and O–H groups in total. The van der Waals surface area contributed by atoms with E-state index in [0.29, 0.717) is 6.54 Å². The topological polar surface area (TPSA) is 29.3 Å². The zero-order valence-corrected chi connectivity index (χ0v) is 12.9. The van der Waals surface area contributed by atoms with Gasteiger partial charge in [0.15, 0.2) is 0 Å². The molecule has 0 bridgehead atoms. The Morgan fingerprint density at radius 2 is 1.45 bits per heavy atom. The van der Waals surface area contributed by atoms with Gasteiger partial charge in [-0.1, -0.05) is 47.5 Å². The van der Waals surface area contributed by atoms with Gasteiger partial charge in [0.05, 0.1) is 0 Å². The molecule has 1 unspecified atom stereocenters. The summed E-state index contributed by atoms with van der Waals surface area (Å²) >= 11 is 11.8. The van der Waals surface area contributed by atoms with E-state index in [2.05, 4.69) is 11.9 Å². The second-order valence-electron chi connectivity index (χ2n) is 4.84. The summed E-state index contributed by atoms with van der Waals surface area (Å²) in [4.78, 5) is 2.23. The second kappa shape index (κ2) is 7.09. The molecule has 2 aromatic rings. The lowest BCUT2D eigenvalue weighted by Crippen LogP contribution is -2.30. The molecule has 0 radical (unpaired) electrons. The molecule has 0 saturated carbocycles. The van der Waals surface area contributed by atoms with Crippen molar-refractivity contribution in [1.82, 2.24) is 4.90 Å². The SMILES string of the molecule is CN(Cc1ccc(Cl)cc1)C(CN)c1ccc(Cl)cc1. The minimum atomic E-state index is 0.169. The fraction of sp³-hybridized carbons (Fsp3) is 0.250. The van der Waals surface area contributed by atoms with Crippen LogP contribution in [0, 0.1) is 0 Å². The number of nitrogens with zero attached hydrogens (tertiary/aromatic N) is 1. The predicted molar refractivity (Wildman–Crippen MR) is 86.2 cm³/mol. The summed E-state index contributed by atoms with van der Waals surface area (Å²) in [7, 11) is 2.07. The molecule has 20 heavy (non-hydrogen) atoms. The zero-order valence-electron chi connectivity index (χ0n) is 11.4. The van der Waals surface area contributed by atoms with Crippen molar-refractivity contribution in [3.63, 3.8) is 0 Å². The van der Waals surface area contributed by atoms with Crippen LogP contribution in [0.4, 0.5) is 0 Å². The van der Waals surface area contributed by atoms with Gasteiger partial charge in [-0.2, -0.15) is 0 Å². The molecule has 1 atom stereocenters. The first-order valence-corrected chi connectivity index (χ1v) is 7.26. The molecule has 0 spiro atoms. The number of likely N-dealkylation sites (N-methyl/N-ethyl adjacent to an activating group) is 1. The van der Waals surface area contributed by atoms with E-state index in [-0.39, 0.29) is 6.04 Å². The van der Waals surface area contributed by atoms with Gasteiger partial charge < -0.3 is 5.73 Å². The average Bonchev–Trinajstić information content (AvgIpc) is 2.44. The highest BCUT2D eigenvalue weighted by Gasteiger charge is 2.15. The minimum absolute atomic E-state index is 0.169. The van der Waals surface area contributed by atoms with Crippen molar-refractivity contribution in [1.29, 1.82) is 0 Å². The molecule has 0 aromatic heterocycles. The molecule has 2 aromatic carbocycles. The van der Waals surface area contributed by atoms with Gasteiger partial charge in [0.1, 0.15) is 0 Å². The molecule has 4 heteroatoms. The smallest absolute Gasteiger partial charge is 0.0470 e. The summed E-state index contributed by atoms with van der Waals surface area (Å²) in [6.07, 6.45) is 0. The summed E-state index contributed by atoms with van der Waals surface area (Å²) in [6, 6.07) is 15.9. The minimum Gasteiger partial charge on any atom is -0.329 e. The van der Waals surface area contributed by atoms with E-state index in [1.807, 2.05) is 48.5 Å². The molecule has 2 nitrogen and oxygen atoms in total. The van der Waals surface area contributed by atoms with Crippen LogP contribution in [0.25, 0.3) is 0 Å². The van der Waals surface area contributed by atoms with Crippen molar-refractivity contribution >= 4 is 23.2 Å². The van der Waals surface area contributed by atoms with Crippen LogP contribution in [0.3, 0.4) is 0 Å². The molecule has 2 rings (SSSR count). The van der Waals surface area contributed by atoms with E-state index in [9.17, 15) is 0 Å². The van der Waals surface area contributed by atoms with E-state index in [4.69, 9.17) is 28.9 Å². The Morgan fingerprint density at radius 3 is 1.95 bits per heavy atom. The van der Waals surface area contributed by atoms with Crippen LogP contribution < -0.4 is 5.73 Å². The number of rotatable bonds is 5. The number of hydrogen-bond acceptors (Lipinski definition) is 2. The molecular formula is C16H18Cl2N2. The fourth-order valence-electron chi connectivity index (χ4n) is 2.24. The third kappa shape index (κ3) is 3.97. The number of hydrogen-bond donors (Lipinski definition) is 1. The van der Waals surface area contributed by atoms with E-state index < -0.39 is 0 Å². The van der Waals surface area contributed by atoms with Crippen LogP contribution in [0.2, 0.25) is 10.0 Å². The largest absolute Gasteiger partial charge is 0.329 e. The molecule has 0 aliphatic heterocycles. The third-order valence-corrected chi connectivity index (χ3v) is 3.86. The van der Waals surface area contributed by atoms with E-state index in [0.717, 1.165) is 16.6 Å². The molecule has 0 amide bonds. The van der Waals surface area contributed by atoms with Crippen molar-refractivity contribution < 1.29 is 0 Å². The monoisotopic (exact) mass is 308 g/mol. The molecule has 0 heterocycles. The van der Waals surface area contributed by atoms with Gasteiger partial charge in [-0.25, -0.2) is 0 Å². The molecule has 0 fully saturated rings. The van der Waals surface area contributed by atoms with Crippen LogP contribution in [0.15, 0.2) is 48.5 Å². The molecule has 106 valence electrons. The van der Waals surface area contributed by atoms with Crippen LogP contribution in [-0.4, -0.2) is 18.5 Å². The standard InChI is InChI=1S/C16H18Cl2N2/c1-20(11-12-2-6-14(17)7-3-12)16(10-19)13-4-8-15(18)9-5-13/h2-9,16H,10-11,19H2,1H3. The number of nitrogens with two attached hydrogens (primary N) is 1. The Morgan fingerprint density at radius 1 is 0.950 bits per heavy atom. The normalized spacial score (nSPS) is 12.7. The summed E-state index contributed by atoms with van der Waals surface area (Å²) in [5.41, 5.74) is 8.31. The zero-order chi connectivity index (χ0) is 14.5. The highest BCUT2D eigenvalue weighted by Crippen LogP contribution is 2.22.